The Labute approximate surface area is 121 Å². The molecule has 110 valence electrons. The fourth-order valence-electron chi connectivity index (χ4n) is 3.08. The maximum Gasteiger partial charge on any atom is 0.316 e. The van der Waals surface area contributed by atoms with Crippen LogP contribution in [0.1, 0.15) is 51.1 Å². The van der Waals surface area contributed by atoms with Gasteiger partial charge in [0, 0.05) is 17.8 Å². The Balaban J connectivity index is 1.91. The van der Waals surface area contributed by atoms with Crippen molar-refractivity contribution in [3.8, 4) is 0 Å². The zero-order valence-electron chi connectivity index (χ0n) is 12.4. The van der Waals surface area contributed by atoms with Gasteiger partial charge in [0.1, 0.15) is 0 Å². The molecular weight excluding hydrogens is 250 g/mol. The van der Waals surface area contributed by atoms with Gasteiger partial charge in [0.05, 0.1) is 0 Å². The fraction of sp³-hybridized carbons (Fsp3) is 0.562. The lowest BCUT2D eigenvalue weighted by atomic mass is 9.98. The van der Waals surface area contributed by atoms with E-state index in [4.69, 9.17) is 5.73 Å². The number of urea groups is 1. The number of hydrogen-bond acceptors (Lipinski definition) is 2. The SMILES string of the molecule is CC(NC(C)C1CCCC1)c1ccc(NC(N)=O)cc1. The summed E-state index contributed by atoms with van der Waals surface area (Å²) < 4.78 is 0. The molecule has 0 heterocycles. The highest BCUT2D eigenvalue weighted by Crippen LogP contribution is 2.29. The van der Waals surface area contributed by atoms with Gasteiger partial charge in [0.25, 0.3) is 0 Å². The van der Waals surface area contributed by atoms with Gasteiger partial charge in [-0.1, -0.05) is 25.0 Å². The summed E-state index contributed by atoms with van der Waals surface area (Å²) in [7, 11) is 0. The van der Waals surface area contributed by atoms with Crippen molar-refractivity contribution in [3.05, 3.63) is 29.8 Å². The van der Waals surface area contributed by atoms with Gasteiger partial charge in [-0.15, -0.1) is 0 Å². The van der Waals surface area contributed by atoms with E-state index in [0.29, 0.717) is 12.1 Å². The highest BCUT2D eigenvalue weighted by Gasteiger charge is 2.22. The van der Waals surface area contributed by atoms with Gasteiger partial charge in [-0.25, -0.2) is 4.79 Å². The Hall–Kier alpha value is -1.55. The van der Waals surface area contributed by atoms with Crippen LogP contribution in [-0.2, 0) is 0 Å². The number of carbonyl (C=O) groups is 1. The summed E-state index contributed by atoms with van der Waals surface area (Å²) in [6.07, 6.45) is 5.45. The topological polar surface area (TPSA) is 67.2 Å². The van der Waals surface area contributed by atoms with E-state index in [0.717, 1.165) is 11.6 Å². The maximum absolute atomic E-state index is 10.8. The number of benzene rings is 1. The van der Waals surface area contributed by atoms with Gasteiger partial charge in [0.15, 0.2) is 0 Å². The second-order valence-electron chi connectivity index (χ2n) is 5.83. The van der Waals surface area contributed by atoms with E-state index in [1.807, 2.05) is 24.3 Å². The number of anilines is 1. The third-order valence-corrected chi connectivity index (χ3v) is 4.30. The second kappa shape index (κ2) is 6.75. The average molecular weight is 275 g/mol. The molecule has 20 heavy (non-hydrogen) atoms. The van der Waals surface area contributed by atoms with E-state index in [1.54, 1.807) is 0 Å². The molecule has 0 bridgehead atoms. The molecule has 2 amide bonds. The molecule has 4 N–H and O–H groups in total. The van der Waals surface area contributed by atoms with Gasteiger partial charge in [-0.2, -0.15) is 0 Å². The molecule has 1 aromatic carbocycles. The predicted molar refractivity (Wildman–Crippen MR) is 82.6 cm³/mol. The lowest BCUT2D eigenvalue weighted by Gasteiger charge is -2.25. The first-order chi connectivity index (χ1) is 9.56. The Bertz CT molecular complexity index is 438. The van der Waals surface area contributed by atoms with Gasteiger partial charge in [0.2, 0.25) is 0 Å². The highest BCUT2D eigenvalue weighted by molar-refractivity contribution is 5.87. The van der Waals surface area contributed by atoms with E-state index in [-0.39, 0.29) is 0 Å². The maximum atomic E-state index is 10.8. The third kappa shape index (κ3) is 3.97. The van der Waals surface area contributed by atoms with Crippen molar-refractivity contribution < 1.29 is 4.79 Å². The van der Waals surface area contributed by atoms with Crippen LogP contribution in [0.15, 0.2) is 24.3 Å². The van der Waals surface area contributed by atoms with E-state index in [2.05, 4.69) is 24.5 Å². The van der Waals surface area contributed by atoms with Crippen LogP contribution in [0.25, 0.3) is 0 Å². The van der Waals surface area contributed by atoms with Crippen molar-refractivity contribution in [2.24, 2.45) is 11.7 Å². The predicted octanol–water partition coefficient (Wildman–Crippen LogP) is 3.41. The third-order valence-electron chi connectivity index (χ3n) is 4.30. The smallest absolute Gasteiger partial charge is 0.316 e. The number of nitrogens with two attached hydrogens (primary N) is 1. The monoisotopic (exact) mass is 275 g/mol. The summed E-state index contributed by atoms with van der Waals surface area (Å²) >= 11 is 0. The van der Waals surface area contributed by atoms with Crippen LogP contribution in [-0.4, -0.2) is 12.1 Å². The molecule has 2 rings (SSSR count). The molecule has 2 atom stereocenters. The van der Waals surface area contributed by atoms with Crippen LogP contribution in [0.3, 0.4) is 0 Å². The van der Waals surface area contributed by atoms with Crippen molar-refractivity contribution in [1.29, 1.82) is 0 Å². The largest absolute Gasteiger partial charge is 0.351 e. The van der Waals surface area contributed by atoms with E-state index < -0.39 is 6.03 Å². The molecule has 0 radical (unpaired) electrons. The molecule has 0 saturated heterocycles. The summed E-state index contributed by atoms with van der Waals surface area (Å²) in [5, 5.41) is 6.26. The molecular formula is C16H25N3O. The van der Waals surface area contributed by atoms with Gasteiger partial charge >= 0.3 is 6.03 Å². The van der Waals surface area contributed by atoms with Gasteiger partial charge < -0.3 is 16.4 Å². The van der Waals surface area contributed by atoms with Crippen LogP contribution >= 0.6 is 0 Å². The lowest BCUT2D eigenvalue weighted by Crippen LogP contribution is -2.34. The average Bonchev–Trinajstić information content (AvgIpc) is 2.92. The summed E-state index contributed by atoms with van der Waals surface area (Å²) in [4.78, 5) is 10.8. The number of rotatable bonds is 5. The molecule has 0 aromatic heterocycles. The van der Waals surface area contributed by atoms with Crippen LogP contribution in [0.2, 0.25) is 0 Å². The minimum absolute atomic E-state index is 0.313. The zero-order valence-corrected chi connectivity index (χ0v) is 12.4. The standard InChI is InChI=1S/C16H25N3O/c1-11(13-5-3-4-6-13)18-12(2)14-7-9-15(10-8-14)19-16(17)20/h7-13,18H,3-6H2,1-2H3,(H3,17,19,20). The molecule has 2 unspecified atom stereocenters. The van der Waals surface area contributed by atoms with Crippen LogP contribution in [0, 0.1) is 5.92 Å². The fourth-order valence-corrected chi connectivity index (χ4v) is 3.08. The molecule has 4 heteroatoms. The molecule has 0 spiro atoms. The number of primary amides is 1. The Morgan fingerprint density at radius 2 is 1.80 bits per heavy atom. The first kappa shape index (κ1) is 14.9. The Kier molecular flexibility index (Phi) is 5.01. The van der Waals surface area contributed by atoms with Crippen molar-refractivity contribution >= 4 is 11.7 Å². The zero-order chi connectivity index (χ0) is 14.5. The quantitative estimate of drug-likeness (QED) is 0.771. The normalized spacial score (nSPS) is 18.7. The van der Waals surface area contributed by atoms with Crippen LogP contribution in [0.4, 0.5) is 10.5 Å². The molecule has 1 aliphatic carbocycles. The summed E-state index contributed by atoms with van der Waals surface area (Å²) in [5.41, 5.74) is 7.06. The molecule has 1 fully saturated rings. The van der Waals surface area contributed by atoms with Gasteiger partial charge in [-0.05, 0) is 50.3 Å². The number of nitrogens with one attached hydrogen (secondary N) is 2. The Morgan fingerprint density at radius 1 is 1.20 bits per heavy atom. The molecule has 4 nitrogen and oxygen atoms in total. The van der Waals surface area contributed by atoms with E-state index in [1.165, 1.54) is 31.2 Å². The Morgan fingerprint density at radius 3 is 2.35 bits per heavy atom. The minimum atomic E-state index is -0.529. The van der Waals surface area contributed by atoms with Crippen molar-refractivity contribution in [2.45, 2.75) is 51.6 Å². The van der Waals surface area contributed by atoms with Crippen LogP contribution in [0.5, 0.6) is 0 Å². The van der Waals surface area contributed by atoms with Crippen LogP contribution < -0.4 is 16.4 Å². The van der Waals surface area contributed by atoms with Crippen molar-refractivity contribution in [3.63, 3.8) is 0 Å². The summed E-state index contributed by atoms with van der Waals surface area (Å²) in [5.74, 6) is 0.813. The highest BCUT2D eigenvalue weighted by atomic mass is 16.2. The van der Waals surface area contributed by atoms with Crippen molar-refractivity contribution in [2.75, 3.05) is 5.32 Å². The first-order valence-electron chi connectivity index (χ1n) is 7.48. The van der Waals surface area contributed by atoms with Gasteiger partial charge in [-0.3, -0.25) is 0 Å². The first-order valence-corrected chi connectivity index (χ1v) is 7.48. The summed E-state index contributed by atoms with van der Waals surface area (Å²) in [6.45, 7) is 4.47. The summed E-state index contributed by atoms with van der Waals surface area (Å²) in [6, 6.07) is 8.17. The lowest BCUT2D eigenvalue weighted by molar-refractivity contribution is 0.259. The number of hydrogen-bond donors (Lipinski definition) is 3. The molecule has 1 aromatic rings. The van der Waals surface area contributed by atoms with E-state index >= 15 is 0 Å². The molecule has 0 aliphatic heterocycles. The second-order valence-corrected chi connectivity index (χ2v) is 5.83. The van der Waals surface area contributed by atoms with Crippen molar-refractivity contribution in [1.82, 2.24) is 5.32 Å². The number of amides is 2. The molecule has 1 aliphatic rings. The number of carbonyl (C=O) groups excluding carboxylic acids is 1. The minimum Gasteiger partial charge on any atom is -0.351 e. The molecule has 1 saturated carbocycles. The van der Waals surface area contributed by atoms with E-state index in [9.17, 15) is 4.79 Å².